The van der Waals surface area contributed by atoms with Crippen molar-refractivity contribution in [2.24, 2.45) is 0 Å². The van der Waals surface area contributed by atoms with Gasteiger partial charge in [0, 0.05) is 6.42 Å². The second-order valence-corrected chi connectivity index (χ2v) is 21.2. The summed E-state index contributed by atoms with van der Waals surface area (Å²) in [7, 11) is -5.55. The summed E-state index contributed by atoms with van der Waals surface area (Å²) in [5.41, 5.74) is 1.41. The van der Waals surface area contributed by atoms with Gasteiger partial charge in [-0.3, -0.25) is 15.0 Å². The van der Waals surface area contributed by atoms with E-state index in [1.54, 1.807) is 12.1 Å². The van der Waals surface area contributed by atoms with Crippen molar-refractivity contribution in [3.05, 3.63) is 35.9 Å². The standard InChI is InChI=1S/C28H46N2O7Si2/c1-17(2)38(18(3)4)34-16-24-23(36-39(37-38,19(5)6)20(7)8)15-26(35-24)30-22(14-25(31)29-28(30)33)27(32)21-12-10-9-11-13-21/h9-13,17-20,22-24,26-27,32H,14-16H2,1-8H3,(H,29,31,33)/t22-,23-,24+,26+,27+/m1/s1. The molecule has 4 rings (SSSR count). The number of aliphatic hydroxyl groups is 1. The normalized spacial score (nSPS) is 29.9. The van der Waals surface area contributed by atoms with Gasteiger partial charge in [0.25, 0.3) is 0 Å². The maximum atomic E-state index is 13.2. The van der Waals surface area contributed by atoms with E-state index in [1.807, 2.05) is 18.2 Å². The van der Waals surface area contributed by atoms with E-state index in [9.17, 15) is 14.7 Å². The molecule has 1 aromatic rings. The van der Waals surface area contributed by atoms with Gasteiger partial charge in [0.15, 0.2) is 0 Å². The summed E-state index contributed by atoms with van der Waals surface area (Å²) in [4.78, 5) is 27.1. The highest BCUT2D eigenvalue weighted by molar-refractivity contribution is 6.83. The van der Waals surface area contributed by atoms with E-state index in [2.05, 4.69) is 60.7 Å². The van der Waals surface area contributed by atoms with Crippen LogP contribution in [0.2, 0.25) is 22.2 Å². The summed E-state index contributed by atoms with van der Waals surface area (Å²) >= 11 is 0. The van der Waals surface area contributed by atoms with E-state index in [0.29, 0.717) is 18.6 Å². The van der Waals surface area contributed by atoms with Gasteiger partial charge in [-0.05, 0) is 27.7 Å². The number of hydrogen-bond acceptors (Lipinski definition) is 7. The van der Waals surface area contributed by atoms with Crippen LogP contribution in [0, 0.1) is 0 Å². The van der Waals surface area contributed by atoms with Crippen molar-refractivity contribution < 1.29 is 32.4 Å². The molecular weight excluding hydrogens is 532 g/mol. The molecule has 3 amide bonds. The highest BCUT2D eigenvalue weighted by Gasteiger charge is 2.60. The molecular formula is C28H46N2O7Si2. The van der Waals surface area contributed by atoms with Crippen molar-refractivity contribution in [3.8, 4) is 0 Å². The molecule has 5 atom stereocenters. The number of fused-ring (bicyclic) bond motifs is 1. The van der Waals surface area contributed by atoms with Crippen molar-refractivity contribution in [1.29, 1.82) is 0 Å². The average molecular weight is 579 g/mol. The lowest BCUT2D eigenvalue weighted by atomic mass is 9.96. The summed E-state index contributed by atoms with van der Waals surface area (Å²) in [6.07, 6.45) is -2.07. The molecule has 39 heavy (non-hydrogen) atoms. The van der Waals surface area contributed by atoms with Gasteiger partial charge in [-0.25, -0.2) is 4.79 Å². The molecule has 0 aliphatic carbocycles. The Morgan fingerprint density at radius 3 is 2.05 bits per heavy atom. The fraction of sp³-hybridized carbons (Fsp3) is 0.714. The molecule has 0 saturated carbocycles. The SMILES string of the molecule is CC(C)[Si]1(C(C)C)OC[C@@H]2O[C@H](N3C(=O)NC(=O)C[C@@H]3[C@@H](O)c3ccccc3)C[C@H]2O[Si](C(C)C)(C(C)C)O1. The van der Waals surface area contributed by atoms with Gasteiger partial charge in [0.2, 0.25) is 5.91 Å². The molecule has 218 valence electrons. The number of benzene rings is 1. The third-order valence-corrected chi connectivity index (χ3v) is 18.9. The number of carbonyl (C=O) groups is 2. The van der Waals surface area contributed by atoms with Crippen LogP contribution in [0.3, 0.4) is 0 Å². The Morgan fingerprint density at radius 1 is 0.897 bits per heavy atom. The fourth-order valence-corrected chi connectivity index (χ4v) is 17.7. The van der Waals surface area contributed by atoms with Gasteiger partial charge in [-0.1, -0.05) is 85.7 Å². The summed E-state index contributed by atoms with van der Waals surface area (Å²) in [6.45, 7) is 17.7. The van der Waals surface area contributed by atoms with Gasteiger partial charge in [-0.15, -0.1) is 0 Å². The largest absolute Gasteiger partial charge is 0.414 e. The van der Waals surface area contributed by atoms with E-state index < -0.39 is 53.5 Å². The number of imide groups is 1. The molecule has 0 aromatic heterocycles. The highest BCUT2D eigenvalue weighted by Crippen LogP contribution is 2.48. The molecule has 0 radical (unpaired) electrons. The number of urea groups is 1. The Balaban J connectivity index is 1.68. The lowest BCUT2D eigenvalue weighted by Gasteiger charge is -2.51. The van der Waals surface area contributed by atoms with Crippen LogP contribution in [0.5, 0.6) is 0 Å². The number of ether oxygens (including phenoxy) is 1. The predicted octanol–water partition coefficient (Wildman–Crippen LogP) is 5.10. The van der Waals surface area contributed by atoms with Crippen molar-refractivity contribution in [2.45, 2.75) is 121 Å². The molecule has 3 aliphatic heterocycles. The van der Waals surface area contributed by atoms with E-state index in [1.165, 1.54) is 4.90 Å². The highest BCUT2D eigenvalue weighted by atomic mass is 28.5. The molecule has 0 unspecified atom stereocenters. The number of rotatable bonds is 7. The van der Waals surface area contributed by atoms with Crippen LogP contribution in [0.1, 0.15) is 79.9 Å². The number of nitrogens with zero attached hydrogens (tertiary/aromatic N) is 1. The lowest BCUT2D eigenvalue weighted by molar-refractivity contribution is -0.131. The first-order valence-corrected chi connectivity index (χ1v) is 18.3. The number of carbonyl (C=O) groups excluding carboxylic acids is 2. The topological polar surface area (TPSA) is 107 Å². The average Bonchev–Trinajstić information content (AvgIpc) is 3.24. The maximum Gasteiger partial charge on any atom is 0.335 e. The predicted molar refractivity (Wildman–Crippen MR) is 152 cm³/mol. The Bertz CT molecular complexity index is 1010. The van der Waals surface area contributed by atoms with Crippen LogP contribution in [0.15, 0.2) is 30.3 Å². The second kappa shape index (κ2) is 11.7. The molecule has 3 aliphatic rings. The Kier molecular flexibility index (Phi) is 9.12. The van der Waals surface area contributed by atoms with E-state index in [0.717, 1.165) is 0 Å². The molecule has 3 fully saturated rings. The molecule has 3 saturated heterocycles. The minimum absolute atomic E-state index is 0.0230. The molecule has 11 heteroatoms. The van der Waals surface area contributed by atoms with Gasteiger partial charge in [0.05, 0.1) is 25.2 Å². The minimum atomic E-state index is -2.83. The van der Waals surface area contributed by atoms with Crippen molar-refractivity contribution in [1.82, 2.24) is 10.2 Å². The molecule has 3 heterocycles. The zero-order valence-corrected chi connectivity index (χ0v) is 26.5. The Morgan fingerprint density at radius 2 is 1.49 bits per heavy atom. The van der Waals surface area contributed by atoms with Crippen LogP contribution in [0.4, 0.5) is 4.79 Å². The summed E-state index contributed by atoms with van der Waals surface area (Å²) in [6, 6.07) is 7.78. The van der Waals surface area contributed by atoms with Crippen LogP contribution >= 0.6 is 0 Å². The first-order valence-electron chi connectivity index (χ1n) is 14.3. The summed E-state index contributed by atoms with van der Waals surface area (Å²) in [5, 5.41) is 13.7. The number of amides is 3. The Labute approximate surface area is 235 Å². The van der Waals surface area contributed by atoms with Gasteiger partial charge in [0.1, 0.15) is 18.4 Å². The number of aliphatic hydroxyl groups excluding tert-OH is 1. The van der Waals surface area contributed by atoms with E-state index in [-0.39, 0.29) is 34.7 Å². The van der Waals surface area contributed by atoms with Crippen molar-refractivity contribution in [2.75, 3.05) is 6.61 Å². The van der Waals surface area contributed by atoms with Crippen LogP contribution in [-0.2, 0) is 22.5 Å². The lowest BCUT2D eigenvalue weighted by Crippen LogP contribution is -2.65. The first-order chi connectivity index (χ1) is 18.3. The zero-order valence-electron chi connectivity index (χ0n) is 24.5. The monoisotopic (exact) mass is 578 g/mol. The first kappa shape index (κ1) is 30.4. The third-order valence-electron chi connectivity index (χ3n) is 8.58. The molecule has 9 nitrogen and oxygen atoms in total. The van der Waals surface area contributed by atoms with Crippen molar-refractivity contribution in [3.63, 3.8) is 0 Å². The molecule has 2 N–H and O–H groups in total. The maximum absolute atomic E-state index is 13.2. The van der Waals surface area contributed by atoms with E-state index in [4.69, 9.17) is 17.7 Å². The van der Waals surface area contributed by atoms with Crippen LogP contribution < -0.4 is 5.32 Å². The molecule has 0 bridgehead atoms. The third kappa shape index (κ3) is 5.64. The Hall–Kier alpha value is -1.61. The van der Waals surface area contributed by atoms with E-state index >= 15 is 0 Å². The van der Waals surface area contributed by atoms with Crippen molar-refractivity contribution >= 4 is 29.1 Å². The molecule has 1 aromatic carbocycles. The zero-order chi connectivity index (χ0) is 28.7. The quantitative estimate of drug-likeness (QED) is 0.434. The fourth-order valence-electron chi connectivity index (χ4n) is 6.46. The minimum Gasteiger partial charge on any atom is -0.414 e. The van der Waals surface area contributed by atoms with Gasteiger partial charge >= 0.3 is 23.2 Å². The van der Waals surface area contributed by atoms with Gasteiger partial charge in [-0.2, -0.15) is 0 Å². The van der Waals surface area contributed by atoms with Crippen LogP contribution in [-0.4, -0.2) is 70.2 Å². The summed E-state index contributed by atoms with van der Waals surface area (Å²) in [5.74, 6) is -0.413. The number of hydrogen-bond donors (Lipinski definition) is 2. The smallest absolute Gasteiger partial charge is 0.335 e. The number of nitrogens with one attached hydrogen (secondary N) is 1. The second-order valence-electron chi connectivity index (χ2n) is 12.4. The van der Waals surface area contributed by atoms with Gasteiger partial charge < -0.3 is 22.8 Å². The molecule has 0 spiro atoms. The van der Waals surface area contributed by atoms with Crippen LogP contribution in [0.25, 0.3) is 0 Å². The summed E-state index contributed by atoms with van der Waals surface area (Å²) < 4.78 is 27.7.